The van der Waals surface area contributed by atoms with E-state index >= 15 is 0 Å². The van der Waals surface area contributed by atoms with Crippen LogP contribution in [0, 0.1) is 6.92 Å². The van der Waals surface area contributed by atoms with Gasteiger partial charge in [0.05, 0.1) is 11.9 Å². The van der Waals surface area contributed by atoms with Crippen molar-refractivity contribution in [3.05, 3.63) is 47.5 Å². The Kier molecular flexibility index (Phi) is 5.81. The fourth-order valence-electron chi connectivity index (χ4n) is 3.50. The monoisotopic (exact) mass is 341 g/mol. The molecule has 0 saturated carbocycles. The summed E-state index contributed by atoms with van der Waals surface area (Å²) >= 11 is 0. The number of amides is 1. The maximum atomic E-state index is 12.6. The van der Waals surface area contributed by atoms with Gasteiger partial charge < -0.3 is 9.80 Å². The second-order valence-electron chi connectivity index (χ2n) is 6.95. The zero-order chi connectivity index (χ0) is 17.6. The van der Waals surface area contributed by atoms with Crippen LogP contribution in [0.1, 0.15) is 42.1 Å². The average molecular weight is 341 g/mol. The molecule has 0 bridgehead atoms. The number of nitrogens with one attached hydrogen (secondary N) is 1. The molecule has 0 unspecified atom stereocenters. The van der Waals surface area contributed by atoms with Gasteiger partial charge >= 0.3 is 0 Å². The highest BCUT2D eigenvalue weighted by molar-refractivity contribution is 5.76. The highest BCUT2D eigenvalue weighted by Crippen LogP contribution is 2.27. The van der Waals surface area contributed by atoms with Crippen LogP contribution in [0.15, 0.2) is 30.6 Å². The number of pyridine rings is 1. The Morgan fingerprint density at radius 3 is 3.04 bits per heavy atom. The molecule has 1 saturated heterocycles. The van der Waals surface area contributed by atoms with E-state index in [-0.39, 0.29) is 5.91 Å². The summed E-state index contributed by atoms with van der Waals surface area (Å²) in [5, 5.41) is 7.23. The van der Waals surface area contributed by atoms with Gasteiger partial charge in [-0.2, -0.15) is 5.10 Å². The molecule has 1 fully saturated rings. The molecule has 0 spiro atoms. The zero-order valence-corrected chi connectivity index (χ0v) is 15.1. The third-order valence-electron chi connectivity index (χ3n) is 4.92. The Morgan fingerprint density at radius 1 is 1.44 bits per heavy atom. The summed E-state index contributed by atoms with van der Waals surface area (Å²) in [5.74, 6) is 0.626. The number of likely N-dealkylation sites (tertiary alicyclic amines) is 1. The Balaban J connectivity index is 1.48. The quantitative estimate of drug-likeness (QED) is 0.876. The minimum Gasteiger partial charge on any atom is -0.342 e. The summed E-state index contributed by atoms with van der Waals surface area (Å²) in [4.78, 5) is 21.1. The van der Waals surface area contributed by atoms with Crippen LogP contribution < -0.4 is 0 Å². The van der Waals surface area contributed by atoms with E-state index in [0.717, 1.165) is 44.7 Å². The van der Waals surface area contributed by atoms with Gasteiger partial charge in [0.2, 0.25) is 5.91 Å². The van der Waals surface area contributed by atoms with Crippen LogP contribution in [0.4, 0.5) is 0 Å². The molecule has 25 heavy (non-hydrogen) atoms. The number of carbonyl (C=O) groups excluding carboxylic acids is 1. The van der Waals surface area contributed by atoms with Crippen molar-refractivity contribution in [2.75, 3.05) is 26.7 Å². The van der Waals surface area contributed by atoms with Crippen molar-refractivity contribution in [2.24, 2.45) is 0 Å². The predicted octanol–water partition coefficient (Wildman–Crippen LogP) is 2.34. The van der Waals surface area contributed by atoms with E-state index in [1.807, 2.05) is 36.3 Å². The molecule has 3 heterocycles. The summed E-state index contributed by atoms with van der Waals surface area (Å²) in [6, 6.07) is 5.92. The van der Waals surface area contributed by atoms with Gasteiger partial charge in [-0.3, -0.25) is 14.9 Å². The molecule has 6 nitrogen and oxygen atoms in total. The van der Waals surface area contributed by atoms with E-state index < -0.39 is 0 Å². The minimum absolute atomic E-state index is 0.245. The molecule has 1 aliphatic rings. The standard InChI is InChI=1S/C19H27N5O/c1-15-12-21-22-19(15)16-6-5-10-24(13-16)18(25)8-11-23(2)14-17-7-3-4-9-20-17/h3-4,7,9,12,16H,5-6,8,10-11,13-14H2,1-2H3,(H,21,22)/t16-/m1/s1. The van der Waals surface area contributed by atoms with E-state index in [2.05, 4.69) is 27.0 Å². The van der Waals surface area contributed by atoms with E-state index in [0.29, 0.717) is 12.3 Å². The average Bonchev–Trinajstić information content (AvgIpc) is 3.06. The Hall–Kier alpha value is -2.21. The third kappa shape index (κ3) is 4.66. The van der Waals surface area contributed by atoms with E-state index in [1.165, 1.54) is 11.3 Å². The second kappa shape index (κ2) is 8.25. The van der Waals surface area contributed by atoms with Gasteiger partial charge in [0.15, 0.2) is 0 Å². The molecule has 1 aliphatic heterocycles. The lowest BCUT2D eigenvalue weighted by molar-refractivity contribution is -0.132. The van der Waals surface area contributed by atoms with Crippen molar-refractivity contribution >= 4 is 5.91 Å². The van der Waals surface area contributed by atoms with Crippen molar-refractivity contribution < 1.29 is 4.79 Å². The molecule has 0 radical (unpaired) electrons. The molecule has 0 aromatic carbocycles. The first-order valence-electron chi connectivity index (χ1n) is 8.99. The van der Waals surface area contributed by atoms with Crippen LogP contribution in [0.25, 0.3) is 0 Å². The van der Waals surface area contributed by atoms with Crippen molar-refractivity contribution in [1.29, 1.82) is 0 Å². The molecule has 1 N–H and O–H groups in total. The molecule has 0 aliphatic carbocycles. The number of rotatable bonds is 6. The number of aromatic nitrogens is 3. The van der Waals surface area contributed by atoms with E-state index in [4.69, 9.17) is 0 Å². The highest BCUT2D eigenvalue weighted by Gasteiger charge is 2.26. The summed E-state index contributed by atoms with van der Waals surface area (Å²) in [6.45, 7) is 5.26. The number of H-pyrrole nitrogens is 1. The molecule has 2 aromatic rings. The van der Waals surface area contributed by atoms with Crippen LogP contribution in [0.5, 0.6) is 0 Å². The Bertz CT molecular complexity index is 684. The lowest BCUT2D eigenvalue weighted by Gasteiger charge is -2.33. The number of hydrogen-bond acceptors (Lipinski definition) is 4. The lowest BCUT2D eigenvalue weighted by atomic mass is 9.93. The fourth-order valence-corrected chi connectivity index (χ4v) is 3.50. The summed E-state index contributed by atoms with van der Waals surface area (Å²) < 4.78 is 0. The van der Waals surface area contributed by atoms with Crippen molar-refractivity contribution in [3.8, 4) is 0 Å². The molecular weight excluding hydrogens is 314 g/mol. The van der Waals surface area contributed by atoms with Crippen LogP contribution in [0.3, 0.4) is 0 Å². The summed E-state index contributed by atoms with van der Waals surface area (Å²) in [6.07, 6.45) is 6.39. The predicted molar refractivity (Wildman–Crippen MR) is 97.1 cm³/mol. The number of aryl methyl sites for hydroxylation is 1. The first-order chi connectivity index (χ1) is 12.1. The Morgan fingerprint density at radius 2 is 2.32 bits per heavy atom. The number of hydrogen-bond donors (Lipinski definition) is 1. The fraction of sp³-hybridized carbons (Fsp3) is 0.526. The summed E-state index contributed by atoms with van der Waals surface area (Å²) in [5.41, 5.74) is 3.41. The number of piperidine rings is 1. The SMILES string of the molecule is Cc1cn[nH]c1[C@@H]1CCCN(C(=O)CCN(C)Cc2ccccn2)C1. The van der Waals surface area contributed by atoms with Crippen LogP contribution in [0.2, 0.25) is 0 Å². The topological polar surface area (TPSA) is 65.1 Å². The maximum absolute atomic E-state index is 12.6. The minimum atomic E-state index is 0.245. The van der Waals surface area contributed by atoms with Gasteiger partial charge in [-0.05, 0) is 44.5 Å². The van der Waals surface area contributed by atoms with Crippen LogP contribution in [-0.4, -0.2) is 57.6 Å². The first-order valence-corrected chi connectivity index (χ1v) is 8.99. The maximum Gasteiger partial charge on any atom is 0.223 e. The van der Waals surface area contributed by atoms with E-state index in [9.17, 15) is 4.79 Å². The molecule has 1 amide bonds. The molecule has 2 aromatic heterocycles. The number of carbonyl (C=O) groups is 1. The molecule has 3 rings (SSSR count). The molecule has 1 atom stereocenters. The zero-order valence-electron chi connectivity index (χ0n) is 15.1. The van der Waals surface area contributed by atoms with Gasteiger partial charge in [0, 0.05) is 50.4 Å². The van der Waals surface area contributed by atoms with E-state index in [1.54, 1.807) is 6.20 Å². The van der Waals surface area contributed by atoms with Crippen LogP contribution in [-0.2, 0) is 11.3 Å². The van der Waals surface area contributed by atoms with Gasteiger partial charge in [-0.25, -0.2) is 0 Å². The smallest absolute Gasteiger partial charge is 0.223 e. The first kappa shape index (κ1) is 17.6. The lowest BCUT2D eigenvalue weighted by Crippen LogP contribution is -2.40. The third-order valence-corrected chi connectivity index (χ3v) is 4.92. The Labute approximate surface area is 149 Å². The molecule has 134 valence electrons. The van der Waals surface area contributed by atoms with Crippen LogP contribution >= 0.6 is 0 Å². The van der Waals surface area contributed by atoms with Gasteiger partial charge in [0.1, 0.15) is 0 Å². The van der Waals surface area contributed by atoms with Gasteiger partial charge in [-0.1, -0.05) is 6.07 Å². The molecule has 6 heteroatoms. The van der Waals surface area contributed by atoms with Gasteiger partial charge in [0.25, 0.3) is 0 Å². The molecular formula is C19H27N5O. The number of nitrogens with zero attached hydrogens (tertiary/aromatic N) is 4. The van der Waals surface area contributed by atoms with Crippen molar-refractivity contribution in [3.63, 3.8) is 0 Å². The van der Waals surface area contributed by atoms with Crippen molar-refractivity contribution in [1.82, 2.24) is 25.0 Å². The normalized spacial score (nSPS) is 17.9. The van der Waals surface area contributed by atoms with Gasteiger partial charge in [-0.15, -0.1) is 0 Å². The summed E-state index contributed by atoms with van der Waals surface area (Å²) in [7, 11) is 2.04. The largest absolute Gasteiger partial charge is 0.342 e. The number of aromatic amines is 1. The highest BCUT2D eigenvalue weighted by atomic mass is 16.2. The second-order valence-corrected chi connectivity index (χ2v) is 6.95. The van der Waals surface area contributed by atoms with Crippen molar-refractivity contribution in [2.45, 2.75) is 38.6 Å².